The van der Waals surface area contributed by atoms with Gasteiger partial charge in [-0.2, -0.15) is 5.10 Å². The lowest BCUT2D eigenvalue weighted by Crippen LogP contribution is -2.36. The number of amides is 1. The van der Waals surface area contributed by atoms with Crippen molar-refractivity contribution in [2.75, 3.05) is 22.9 Å². The van der Waals surface area contributed by atoms with E-state index in [0.717, 1.165) is 35.9 Å². The average molecular weight is 378 g/mol. The van der Waals surface area contributed by atoms with Crippen molar-refractivity contribution >= 4 is 17.4 Å². The molecule has 7 nitrogen and oxygen atoms in total. The van der Waals surface area contributed by atoms with Crippen LogP contribution in [0.3, 0.4) is 0 Å². The van der Waals surface area contributed by atoms with Crippen LogP contribution in [0.2, 0.25) is 0 Å². The molecule has 5 rings (SSSR count). The minimum absolute atomic E-state index is 0.0823. The molecule has 1 atom stereocenters. The number of hydrogen-bond donors (Lipinski definition) is 0. The van der Waals surface area contributed by atoms with Crippen molar-refractivity contribution in [3.05, 3.63) is 60.3 Å². The Hall–Kier alpha value is -3.29. The van der Waals surface area contributed by atoms with Crippen LogP contribution in [-0.2, 0) is 6.54 Å². The SMILES string of the molecule is O=C1c2cn(-c3ccc(N4CCC[C@H](F)C4)nc3)nc2CN1c1cccnc1. The fourth-order valence-corrected chi connectivity index (χ4v) is 3.76. The predicted molar refractivity (Wildman–Crippen MR) is 102 cm³/mol. The number of pyridine rings is 2. The van der Waals surface area contributed by atoms with E-state index in [0.29, 0.717) is 25.1 Å². The van der Waals surface area contributed by atoms with Gasteiger partial charge in [0.05, 0.1) is 48.1 Å². The van der Waals surface area contributed by atoms with Crippen molar-refractivity contribution in [1.82, 2.24) is 19.7 Å². The Kier molecular flexibility index (Phi) is 4.03. The number of carbonyl (C=O) groups excluding carboxylic acids is 1. The molecule has 0 radical (unpaired) electrons. The second-order valence-corrected chi connectivity index (χ2v) is 7.10. The smallest absolute Gasteiger partial charge is 0.262 e. The molecule has 0 N–H and O–H groups in total. The lowest BCUT2D eigenvalue weighted by atomic mass is 10.1. The highest BCUT2D eigenvalue weighted by Crippen LogP contribution is 2.28. The molecule has 142 valence electrons. The second-order valence-electron chi connectivity index (χ2n) is 7.10. The summed E-state index contributed by atoms with van der Waals surface area (Å²) in [4.78, 5) is 24.9. The second kappa shape index (κ2) is 6.70. The monoisotopic (exact) mass is 378 g/mol. The van der Waals surface area contributed by atoms with Crippen molar-refractivity contribution < 1.29 is 9.18 Å². The Balaban J connectivity index is 1.35. The molecular weight excluding hydrogens is 359 g/mol. The largest absolute Gasteiger partial charge is 0.354 e. The van der Waals surface area contributed by atoms with Gasteiger partial charge < -0.3 is 9.80 Å². The molecule has 0 aliphatic carbocycles. The van der Waals surface area contributed by atoms with Crippen LogP contribution in [-0.4, -0.2) is 44.9 Å². The molecule has 1 fully saturated rings. The normalized spacial score (nSPS) is 19.2. The summed E-state index contributed by atoms with van der Waals surface area (Å²) in [5, 5.41) is 4.56. The molecule has 5 heterocycles. The number of carbonyl (C=O) groups is 1. The summed E-state index contributed by atoms with van der Waals surface area (Å²) in [5.41, 5.74) is 2.85. The van der Waals surface area contributed by atoms with Gasteiger partial charge in [0.1, 0.15) is 12.0 Å². The summed E-state index contributed by atoms with van der Waals surface area (Å²) in [6, 6.07) is 7.44. The van der Waals surface area contributed by atoms with Crippen molar-refractivity contribution in [3.63, 3.8) is 0 Å². The van der Waals surface area contributed by atoms with Gasteiger partial charge in [-0.05, 0) is 37.1 Å². The molecule has 8 heteroatoms. The summed E-state index contributed by atoms with van der Waals surface area (Å²) in [5.74, 6) is 0.686. The Morgan fingerprint density at radius 1 is 1.14 bits per heavy atom. The van der Waals surface area contributed by atoms with Crippen LogP contribution in [0, 0.1) is 0 Å². The average Bonchev–Trinajstić information content (AvgIpc) is 3.28. The summed E-state index contributed by atoms with van der Waals surface area (Å²) >= 11 is 0. The van der Waals surface area contributed by atoms with Crippen LogP contribution < -0.4 is 9.80 Å². The summed E-state index contributed by atoms with van der Waals surface area (Å²) in [6.07, 6.45) is 7.47. The Labute approximate surface area is 161 Å². The molecule has 1 amide bonds. The fourth-order valence-electron chi connectivity index (χ4n) is 3.76. The van der Waals surface area contributed by atoms with Crippen molar-refractivity contribution in [2.24, 2.45) is 0 Å². The van der Waals surface area contributed by atoms with E-state index < -0.39 is 6.17 Å². The molecule has 28 heavy (non-hydrogen) atoms. The summed E-state index contributed by atoms with van der Waals surface area (Å²) < 4.78 is 15.3. The van der Waals surface area contributed by atoms with Crippen LogP contribution in [0.15, 0.2) is 49.1 Å². The quantitative estimate of drug-likeness (QED) is 0.701. The zero-order valence-electron chi connectivity index (χ0n) is 15.2. The van der Waals surface area contributed by atoms with E-state index in [-0.39, 0.29) is 5.91 Å². The molecule has 2 aliphatic heterocycles. The molecule has 0 bridgehead atoms. The molecule has 3 aromatic heterocycles. The Morgan fingerprint density at radius 3 is 2.79 bits per heavy atom. The van der Waals surface area contributed by atoms with Crippen LogP contribution in [0.5, 0.6) is 0 Å². The molecule has 0 spiro atoms. The molecule has 2 aliphatic rings. The number of rotatable bonds is 3. The van der Waals surface area contributed by atoms with E-state index in [4.69, 9.17) is 0 Å². The number of alkyl halides is 1. The third-order valence-corrected chi connectivity index (χ3v) is 5.22. The first kappa shape index (κ1) is 16.9. The van der Waals surface area contributed by atoms with Gasteiger partial charge in [0, 0.05) is 18.9 Å². The van der Waals surface area contributed by atoms with E-state index in [2.05, 4.69) is 15.1 Å². The van der Waals surface area contributed by atoms with Crippen LogP contribution in [0.1, 0.15) is 28.9 Å². The fraction of sp³-hybridized carbons (Fsp3) is 0.300. The van der Waals surface area contributed by atoms with Crippen molar-refractivity contribution in [3.8, 4) is 5.69 Å². The number of halogens is 1. The van der Waals surface area contributed by atoms with Gasteiger partial charge in [-0.25, -0.2) is 14.1 Å². The maximum absolute atomic E-state index is 13.6. The van der Waals surface area contributed by atoms with Crippen LogP contribution in [0.25, 0.3) is 5.69 Å². The Morgan fingerprint density at radius 2 is 2.07 bits per heavy atom. The predicted octanol–water partition coefficient (Wildman–Crippen LogP) is 2.76. The zero-order valence-corrected chi connectivity index (χ0v) is 15.2. The number of nitrogens with zero attached hydrogens (tertiary/aromatic N) is 6. The van der Waals surface area contributed by atoms with Gasteiger partial charge in [-0.15, -0.1) is 0 Å². The van der Waals surface area contributed by atoms with E-state index in [1.54, 1.807) is 40.4 Å². The topological polar surface area (TPSA) is 67.2 Å². The van der Waals surface area contributed by atoms with Crippen molar-refractivity contribution in [2.45, 2.75) is 25.6 Å². The lowest BCUT2D eigenvalue weighted by Gasteiger charge is -2.29. The van der Waals surface area contributed by atoms with E-state index >= 15 is 0 Å². The molecule has 1 saturated heterocycles. The van der Waals surface area contributed by atoms with Gasteiger partial charge >= 0.3 is 0 Å². The lowest BCUT2D eigenvalue weighted by molar-refractivity contribution is 0.0996. The number of fused-ring (bicyclic) bond motifs is 1. The van der Waals surface area contributed by atoms with Crippen LogP contribution in [0.4, 0.5) is 15.9 Å². The maximum Gasteiger partial charge on any atom is 0.262 e. The maximum atomic E-state index is 13.6. The number of hydrogen-bond acceptors (Lipinski definition) is 5. The van der Waals surface area contributed by atoms with Gasteiger partial charge in [-0.1, -0.05) is 0 Å². The minimum Gasteiger partial charge on any atom is -0.354 e. The molecule has 0 unspecified atom stereocenters. The first-order chi connectivity index (χ1) is 13.7. The minimum atomic E-state index is -0.793. The third kappa shape index (κ3) is 2.90. The number of piperidine rings is 1. The van der Waals surface area contributed by atoms with E-state index in [9.17, 15) is 9.18 Å². The van der Waals surface area contributed by atoms with Gasteiger partial charge in [0.25, 0.3) is 5.91 Å². The number of aromatic nitrogens is 4. The first-order valence-corrected chi connectivity index (χ1v) is 9.35. The highest BCUT2D eigenvalue weighted by atomic mass is 19.1. The first-order valence-electron chi connectivity index (χ1n) is 9.35. The van der Waals surface area contributed by atoms with Gasteiger partial charge in [0.15, 0.2) is 0 Å². The highest BCUT2D eigenvalue weighted by Gasteiger charge is 2.32. The Bertz CT molecular complexity index is 1000. The standard InChI is InChI=1S/C20H19FN6O/c21-14-3-2-8-25(11-14)19-6-5-16(10-23-19)27-12-17-18(24-27)13-26(20(17)28)15-4-1-7-22-9-15/h1,4-7,9-10,12,14H,2-3,8,11,13H2/t14-/m0/s1. The summed E-state index contributed by atoms with van der Waals surface area (Å²) in [7, 11) is 0. The van der Waals surface area contributed by atoms with E-state index in [1.807, 2.05) is 23.1 Å². The zero-order chi connectivity index (χ0) is 19.1. The van der Waals surface area contributed by atoms with E-state index in [1.165, 1.54) is 0 Å². The third-order valence-electron chi connectivity index (χ3n) is 5.22. The van der Waals surface area contributed by atoms with Crippen LogP contribution >= 0.6 is 0 Å². The highest BCUT2D eigenvalue weighted by molar-refractivity contribution is 6.09. The molecule has 0 saturated carbocycles. The summed E-state index contributed by atoms with van der Waals surface area (Å²) in [6.45, 7) is 1.63. The van der Waals surface area contributed by atoms with Gasteiger partial charge in [0.2, 0.25) is 0 Å². The molecule has 3 aromatic rings. The number of anilines is 2. The van der Waals surface area contributed by atoms with Crippen molar-refractivity contribution in [1.29, 1.82) is 0 Å². The molecule has 0 aromatic carbocycles. The van der Waals surface area contributed by atoms with Gasteiger partial charge in [-0.3, -0.25) is 9.78 Å². The molecular formula is C20H19FN6O.